The van der Waals surface area contributed by atoms with Crippen LogP contribution in [0.3, 0.4) is 0 Å². The smallest absolute Gasteiger partial charge is 0.192 e. The molecule has 0 amide bonds. The summed E-state index contributed by atoms with van der Waals surface area (Å²) < 4.78 is 0. The van der Waals surface area contributed by atoms with E-state index >= 15 is 0 Å². The first-order valence-corrected chi connectivity index (χ1v) is 5.94. The summed E-state index contributed by atoms with van der Waals surface area (Å²) in [6, 6.07) is 17.4. The first-order chi connectivity index (χ1) is 8.77. The average molecular weight is 235 g/mol. The molecule has 18 heavy (non-hydrogen) atoms. The molecule has 3 rings (SSSR count). The van der Waals surface area contributed by atoms with Crippen molar-refractivity contribution < 1.29 is 4.79 Å². The molecule has 2 nitrogen and oxygen atoms in total. The lowest BCUT2D eigenvalue weighted by Crippen LogP contribution is -2.04. The predicted molar refractivity (Wildman–Crippen MR) is 72.0 cm³/mol. The number of rotatable bonds is 2. The minimum Gasteiger partial charge on any atom is -0.398 e. The van der Waals surface area contributed by atoms with Crippen LogP contribution in [0.2, 0.25) is 0 Å². The van der Waals surface area contributed by atoms with Gasteiger partial charge in [-0.15, -0.1) is 0 Å². The van der Waals surface area contributed by atoms with Crippen molar-refractivity contribution >= 4 is 11.5 Å². The zero-order valence-electron chi connectivity index (χ0n) is 9.89. The number of fused-ring (bicyclic) bond motifs is 1. The summed E-state index contributed by atoms with van der Waals surface area (Å²) in [6.45, 7) is 0. The Labute approximate surface area is 106 Å². The summed E-state index contributed by atoms with van der Waals surface area (Å²) in [4.78, 5) is 12.3. The third kappa shape index (κ3) is 1.63. The van der Waals surface area contributed by atoms with Gasteiger partial charge in [0.25, 0.3) is 0 Å². The van der Waals surface area contributed by atoms with Crippen molar-refractivity contribution in [2.45, 2.75) is 6.42 Å². The van der Waals surface area contributed by atoms with E-state index in [0.29, 0.717) is 17.7 Å². The molecule has 0 spiro atoms. The fourth-order valence-electron chi connectivity index (χ4n) is 2.34. The van der Waals surface area contributed by atoms with Gasteiger partial charge in [0.15, 0.2) is 5.78 Å². The molecular formula is C16H13NO. The highest BCUT2D eigenvalue weighted by Crippen LogP contribution is 2.31. The SMILES string of the molecule is NC1=C(Cc2ccccc2)C(=O)c2ccccc21. The van der Waals surface area contributed by atoms with Gasteiger partial charge in [-0.25, -0.2) is 0 Å². The Morgan fingerprint density at radius 3 is 2.11 bits per heavy atom. The summed E-state index contributed by atoms with van der Waals surface area (Å²) in [6.07, 6.45) is 0.597. The normalized spacial score (nSPS) is 13.9. The zero-order valence-corrected chi connectivity index (χ0v) is 9.89. The number of hydrogen-bond donors (Lipinski definition) is 1. The van der Waals surface area contributed by atoms with Gasteiger partial charge in [0, 0.05) is 28.8 Å². The van der Waals surface area contributed by atoms with Gasteiger partial charge in [0.05, 0.1) is 0 Å². The van der Waals surface area contributed by atoms with Crippen LogP contribution in [-0.2, 0) is 6.42 Å². The van der Waals surface area contributed by atoms with Gasteiger partial charge < -0.3 is 5.73 Å². The second-order valence-electron chi connectivity index (χ2n) is 4.43. The van der Waals surface area contributed by atoms with E-state index in [1.807, 2.05) is 54.6 Å². The highest BCUT2D eigenvalue weighted by molar-refractivity contribution is 6.20. The van der Waals surface area contributed by atoms with Gasteiger partial charge in [0.1, 0.15) is 0 Å². The number of nitrogens with two attached hydrogens (primary N) is 1. The quantitative estimate of drug-likeness (QED) is 0.869. The number of Topliss-reactive ketones (excluding diaryl/α,β-unsaturated/α-hetero) is 1. The van der Waals surface area contributed by atoms with Crippen molar-refractivity contribution in [1.29, 1.82) is 0 Å². The third-order valence-electron chi connectivity index (χ3n) is 3.28. The van der Waals surface area contributed by atoms with Crippen LogP contribution in [0.25, 0.3) is 5.70 Å². The molecular weight excluding hydrogens is 222 g/mol. The molecule has 0 saturated heterocycles. The summed E-state index contributed by atoms with van der Waals surface area (Å²) in [5.74, 6) is 0.0620. The predicted octanol–water partition coefficient (Wildman–Crippen LogP) is 2.80. The Balaban J connectivity index is 2.00. The molecule has 2 aromatic carbocycles. The Morgan fingerprint density at radius 1 is 0.833 bits per heavy atom. The van der Waals surface area contributed by atoms with E-state index in [9.17, 15) is 4.79 Å². The van der Waals surface area contributed by atoms with E-state index in [2.05, 4.69) is 0 Å². The molecule has 0 radical (unpaired) electrons. The van der Waals surface area contributed by atoms with Crippen molar-refractivity contribution in [3.05, 3.63) is 76.9 Å². The minimum absolute atomic E-state index is 0.0620. The van der Waals surface area contributed by atoms with Gasteiger partial charge in [-0.2, -0.15) is 0 Å². The number of carbonyl (C=O) groups excluding carboxylic acids is 1. The van der Waals surface area contributed by atoms with Crippen LogP contribution in [0.5, 0.6) is 0 Å². The molecule has 2 N–H and O–H groups in total. The molecule has 0 unspecified atom stereocenters. The zero-order chi connectivity index (χ0) is 12.5. The maximum atomic E-state index is 12.3. The summed E-state index contributed by atoms with van der Waals surface area (Å²) in [7, 11) is 0. The molecule has 0 aliphatic heterocycles. The summed E-state index contributed by atoms with van der Waals surface area (Å²) in [5, 5.41) is 0. The Bertz CT molecular complexity index is 641. The van der Waals surface area contributed by atoms with Crippen LogP contribution in [0, 0.1) is 0 Å². The van der Waals surface area contributed by atoms with E-state index in [1.54, 1.807) is 0 Å². The molecule has 88 valence electrons. The van der Waals surface area contributed by atoms with Gasteiger partial charge in [0.2, 0.25) is 0 Å². The Hall–Kier alpha value is -2.35. The van der Waals surface area contributed by atoms with Crippen LogP contribution in [0.1, 0.15) is 21.5 Å². The van der Waals surface area contributed by atoms with E-state index < -0.39 is 0 Å². The molecule has 1 aliphatic rings. The fourth-order valence-corrected chi connectivity index (χ4v) is 2.34. The van der Waals surface area contributed by atoms with Crippen molar-refractivity contribution in [3.8, 4) is 0 Å². The lowest BCUT2D eigenvalue weighted by atomic mass is 10.0. The minimum atomic E-state index is 0.0620. The van der Waals surface area contributed by atoms with Crippen molar-refractivity contribution in [1.82, 2.24) is 0 Å². The van der Waals surface area contributed by atoms with E-state index in [4.69, 9.17) is 5.73 Å². The molecule has 0 saturated carbocycles. The maximum Gasteiger partial charge on any atom is 0.192 e. The van der Waals surface area contributed by atoms with Crippen molar-refractivity contribution in [2.24, 2.45) is 5.73 Å². The molecule has 0 bridgehead atoms. The van der Waals surface area contributed by atoms with Gasteiger partial charge in [-0.3, -0.25) is 4.79 Å². The summed E-state index contributed by atoms with van der Waals surface area (Å²) >= 11 is 0. The van der Waals surface area contributed by atoms with Gasteiger partial charge in [-0.1, -0.05) is 54.6 Å². The summed E-state index contributed by atoms with van der Waals surface area (Å²) in [5.41, 5.74) is 10.1. The number of hydrogen-bond acceptors (Lipinski definition) is 2. The number of carbonyl (C=O) groups is 1. The second kappa shape index (κ2) is 4.15. The lowest BCUT2D eigenvalue weighted by molar-refractivity contribution is 0.103. The van der Waals surface area contributed by atoms with Crippen LogP contribution in [0.15, 0.2) is 60.2 Å². The highest BCUT2D eigenvalue weighted by Gasteiger charge is 2.27. The van der Waals surface area contributed by atoms with Crippen LogP contribution in [0.4, 0.5) is 0 Å². The molecule has 0 fully saturated rings. The molecule has 2 heteroatoms. The number of benzene rings is 2. The van der Waals surface area contributed by atoms with E-state index in [0.717, 1.165) is 16.7 Å². The van der Waals surface area contributed by atoms with Crippen molar-refractivity contribution in [2.75, 3.05) is 0 Å². The standard InChI is InChI=1S/C16H13NO/c17-15-12-8-4-5-9-13(12)16(18)14(15)10-11-6-2-1-3-7-11/h1-9H,10,17H2. The molecule has 1 aliphatic carbocycles. The third-order valence-corrected chi connectivity index (χ3v) is 3.28. The molecule has 0 heterocycles. The first-order valence-electron chi connectivity index (χ1n) is 5.94. The molecule has 0 aromatic heterocycles. The van der Waals surface area contributed by atoms with Gasteiger partial charge >= 0.3 is 0 Å². The fraction of sp³-hybridized carbons (Fsp3) is 0.0625. The van der Waals surface area contributed by atoms with E-state index in [-0.39, 0.29) is 5.78 Å². The van der Waals surface area contributed by atoms with Gasteiger partial charge in [-0.05, 0) is 5.56 Å². The monoisotopic (exact) mass is 235 g/mol. The van der Waals surface area contributed by atoms with Crippen LogP contribution >= 0.6 is 0 Å². The Morgan fingerprint density at radius 2 is 1.44 bits per heavy atom. The number of allylic oxidation sites excluding steroid dienone is 1. The Kier molecular flexibility index (Phi) is 2.49. The molecule has 0 atom stereocenters. The molecule has 2 aromatic rings. The average Bonchev–Trinajstić information content (AvgIpc) is 2.66. The largest absolute Gasteiger partial charge is 0.398 e. The highest BCUT2D eigenvalue weighted by atomic mass is 16.1. The van der Waals surface area contributed by atoms with E-state index in [1.165, 1.54) is 0 Å². The number of ketones is 1. The maximum absolute atomic E-state index is 12.3. The van der Waals surface area contributed by atoms with Crippen LogP contribution < -0.4 is 5.73 Å². The first kappa shape index (κ1) is 10.8. The second-order valence-corrected chi connectivity index (χ2v) is 4.43. The van der Waals surface area contributed by atoms with Crippen molar-refractivity contribution in [3.63, 3.8) is 0 Å². The topological polar surface area (TPSA) is 43.1 Å². The van der Waals surface area contributed by atoms with Crippen LogP contribution in [-0.4, -0.2) is 5.78 Å². The lowest BCUT2D eigenvalue weighted by Gasteiger charge is -2.02.